The summed E-state index contributed by atoms with van der Waals surface area (Å²) in [6.07, 6.45) is 3.04. The molecule has 0 aliphatic carbocycles. The minimum atomic E-state index is -0.332. The predicted octanol–water partition coefficient (Wildman–Crippen LogP) is 2.14. The molecule has 0 fully saturated rings. The van der Waals surface area contributed by atoms with Gasteiger partial charge in [-0.05, 0) is 12.1 Å². The van der Waals surface area contributed by atoms with Gasteiger partial charge in [-0.15, -0.1) is 0 Å². The van der Waals surface area contributed by atoms with Gasteiger partial charge in [0.05, 0.1) is 0 Å². The Morgan fingerprint density at radius 2 is 1.65 bits per heavy atom. The van der Waals surface area contributed by atoms with Crippen LogP contribution in [0, 0.1) is 0 Å². The second-order valence-electron chi connectivity index (χ2n) is 3.38. The average molecular weight is 226 g/mol. The first-order chi connectivity index (χ1) is 8.33. The van der Waals surface area contributed by atoms with Crippen LogP contribution in [-0.4, -0.2) is 21.7 Å². The van der Waals surface area contributed by atoms with Gasteiger partial charge in [0.25, 0.3) is 0 Å². The zero-order valence-electron chi connectivity index (χ0n) is 8.95. The van der Waals surface area contributed by atoms with Crippen molar-refractivity contribution in [2.75, 3.05) is 0 Å². The van der Waals surface area contributed by atoms with Gasteiger partial charge in [-0.2, -0.15) is 0 Å². The summed E-state index contributed by atoms with van der Waals surface area (Å²) in [6.45, 7) is 0. The van der Waals surface area contributed by atoms with Crippen LogP contribution in [0.1, 0.15) is 15.9 Å². The molecule has 0 radical (unpaired) electrons. The normalized spacial score (nSPS) is 11.2. The Balaban J connectivity index is 2.37. The van der Waals surface area contributed by atoms with E-state index in [1.165, 1.54) is 12.4 Å². The molecule has 0 spiro atoms. The molecule has 2 rings (SSSR count). The first-order valence-corrected chi connectivity index (χ1v) is 5.05. The Hall–Kier alpha value is -2.49. The van der Waals surface area contributed by atoms with Gasteiger partial charge in [-0.3, -0.25) is 9.78 Å². The highest BCUT2D eigenvalue weighted by atomic mass is 16.4. The topological polar surface area (TPSA) is 62.5 Å². The van der Waals surface area contributed by atoms with E-state index in [0.717, 1.165) is 0 Å². The third-order valence-corrected chi connectivity index (χ3v) is 2.30. The highest BCUT2D eigenvalue weighted by Gasteiger charge is 2.16. The first-order valence-electron chi connectivity index (χ1n) is 5.05. The highest BCUT2D eigenvalue weighted by Crippen LogP contribution is 2.07. The third kappa shape index (κ3) is 2.36. The van der Waals surface area contributed by atoms with Crippen molar-refractivity contribution >= 4 is 11.5 Å². The Labute approximate surface area is 98.2 Å². The smallest absolute Gasteiger partial charge is 0.215 e. The number of benzene rings is 1. The fourth-order valence-corrected chi connectivity index (χ4v) is 1.47. The molecule has 4 nitrogen and oxygen atoms in total. The Morgan fingerprint density at radius 3 is 2.24 bits per heavy atom. The molecule has 0 unspecified atom stereocenters. The Bertz CT molecular complexity index is 536. The lowest BCUT2D eigenvalue weighted by atomic mass is 10.0. The summed E-state index contributed by atoms with van der Waals surface area (Å²) in [5.74, 6) is -0.332. The van der Waals surface area contributed by atoms with E-state index in [-0.39, 0.29) is 11.5 Å². The van der Waals surface area contributed by atoms with Crippen molar-refractivity contribution < 1.29 is 10.0 Å². The maximum absolute atomic E-state index is 12.1. The first kappa shape index (κ1) is 11.0. The molecule has 0 bridgehead atoms. The molecule has 0 saturated heterocycles. The standard InChI is InChI=1S/C13H10N2O2/c16-13(11-6-8-14-9-7-11)12(15-17)10-4-2-1-3-5-10/h1-9,17H. The number of hydrogen-bond donors (Lipinski definition) is 1. The Kier molecular flexibility index (Phi) is 3.25. The molecule has 17 heavy (non-hydrogen) atoms. The highest BCUT2D eigenvalue weighted by molar-refractivity contribution is 6.51. The van der Waals surface area contributed by atoms with Crippen molar-refractivity contribution in [2.45, 2.75) is 0 Å². The van der Waals surface area contributed by atoms with Crippen molar-refractivity contribution in [2.24, 2.45) is 5.16 Å². The lowest BCUT2D eigenvalue weighted by molar-refractivity contribution is 0.106. The maximum atomic E-state index is 12.1. The molecule has 1 aromatic carbocycles. The van der Waals surface area contributed by atoms with Crippen LogP contribution in [0.4, 0.5) is 0 Å². The quantitative estimate of drug-likeness (QED) is 0.377. The summed E-state index contributed by atoms with van der Waals surface area (Å²) in [5, 5.41) is 12.0. The van der Waals surface area contributed by atoms with Crippen molar-refractivity contribution in [1.82, 2.24) is 4.98 Å². The fourth-order valence-electron chi connectivity index (χ4n) is 1.47. The number of rotatable bonds is 3. The number of aromatic nitrogens is 1. The minimum Gasteiger partial charge on any atom is -0.410 e. The van der Waals surface area contributed by atoms with Crippen LogP contribution >= 0.6 is 0 Å². The largest absolute Gasteiger partial charge is 0.410 e. The van der Waals surface area contributed by atoms with Crippen LogP contribution in [0.15, 0.2) is 60.0 Å². The van der Waals surface area contributed by atoms with Crippen molar-refractivity contribution in [1.29, 1.82) is 0 Å². The van der Waals surface area contributed by atoms with E-state index in [4.69, 9.17) is 5.21 Å². The van der Waals surface area contributed by atoms with E-state index in [1.54, 1.807) is 36.4 Å². The lowest BCUT2D eigenvalue weighted by Crippen LogP contribution is -2.15. The van der Waals surface area contributed by atoms with Gasteiger partial charge < -0.3 is 5.21 Å². The van der Waals surface area contributed by atoms with Gasteiger partial charge in [0.2, 0.25) is 5.78 Å². The van der Waals surface area contributed by atoms with Crippen molar-refractivity contribution in [3.63, 3.8) is 0 Å². The summed E-state index contributed by atoms with van der Waals surface area (Å²) in [6, 6.07) is 12.0. The molecule has 84 valence electrons. The molecule has 0 saturated carbocycles. The number of Topliss-reactive ketones (excluding diaryl/α,β-unsaturated/α-hetero) is 1. The van der Waals surface area contributed by atoms with E-state index >= 15 is 0 Å². The zero-order valence-corrected chi connectivity index (χ0v) is 8.95. The third-order valence-electron chi connectivity index (χ3n) is 2.30. The number of nitrogens with zero attached hydrogens (tertiary/aromatic N) is 2. The summed E-state index contributed by atoms with van der Waals surface area (Å²) in [4.78, 5) is 15.9. The number of carbonyl (C=O) groups excluding carboxylic acids is 1. The monoisotopic (exact) mass is 226 g/mol. The summed E-state index contributed by atoms with van der Waals surface area (Å²) < 4.78 is 0. The predicted molar refractivity (Wildman–Crippen MR) is 63.3 cm³/mol. The molecule has 1 aromatic heterocycles. The van der Waals surface area contributed by atoms with Gasteiger partial charge in [0.15, 0.2) is 5.71 Å². The van der Waals surface area contributed by atoms with E-state index in [2.05, 4.69) is 10.1 Å². The number of ketones is 1. The van der Waals surface area contributed by atoms with Gasteiger partial charge >= 0.3 is 0 Å². The Morgan fingerprint density at radius 1 is 1.00 bits per heavy atom. The molecular weight excluding hydrogens is 216 g/mol. The van der Waals surface area contributed by atoms with E-state index in [1.807, 2.05) is 6.07 Å². The lowest BCUT2D eigenvalue weighted by Gasteiger charge is -2.03. The van der Waals surface area contributed by atoms with Crippen LogP contribution in [0.25, 0.3) is 0 Å². The van der Waals surface area contributed by atoms with Crippen LogP contribution in [0.3, 0.4) is 0 Å². The van der Waals surface area contributed by atoms with Gasteiger partial charge in [0.1, 0.15) is 0 Å². The SMILES string of the molecule is O=C(C(=NO)c1ccccc1)c1ccncc1. The molecule has 1 N–H and O–H groups in total. The van der Waals surface area contributed by atoms with Crippen LogP contribution in [0.2, 0.25) is 0 Å². The molecule has 2 aromatic rings. The van der Waals surface area contributed by atoms with Crippen molar-refractivity contribution in [3.05, 3.63) is 66.0 Å². The number of hydrogen-bond acceptors (Lipinski definition) is 4. The number of oxime groups is 1. The number of carbonyl (C=O) groups is 1. The fraction of sp³-hybridized carbons (Fsp3) is 0. The molecule has 1 heterocycles. The molecular formula is C13H10N2O2. The zero-order chi connectivity index (χ0) is 12.1. The summed E-state index contributed by atoms with van der Waals surface area (Å²) in [7, 11) is 0. The van der Waals surface area contributed by atoms with E-state index in [0.29, 0.717) is 11.1 Å². The van der Waals surface area contributed by atoms with Gasteiger partial charge in [0, 0.05) is 23.5 Å². The summed E-state index contributed by atoms with van der Waals surface area (Å²) in [5.41, 5.74) is 1.05. The number of pyridine rings is 1. The van der Waals surface area contributed by atoms with Crippen LogP contribution in [-0.2, 0) is 0 Å². The van der Waals surface area contributed by atoms with E-state index < -0.39 is 0 Å². The average Bonchev–Trinajstić information content (AvgIpc) is 2.42. The molecule has 0 atom stereocenters. The molecule has 0 aliphatic heterocycles. The van der Waals surface area contributed by atoms with Crippen molar-refractivity contribution in [3.8, 4) is 0 Å². The molecule has 0 amide bonds. The van der Waals surface area contributed by atoms with E-state index in [9.17, 15) is 4.79 Å². The maximum Gasteiger partial charge on any atom is 0.215 e. The second kappa shape index (κ2) is 5.03. The van der Waals surface area contributed by atoms with Crippen LogP contribution < -0.4 is 0 Å². The second-order valence-corrected chi connectivity index (χ2v) is 3.38. The van der Waals surface area contributed by atoms with Gasteiger partial charge in [-0.1, -0.05) is 35.5 Å². The van der Waals surface area contributed by atoms with Gasteiger partial charge in [-0.25, -0.2) is 0 Å². The molecule has 0 aliphatic rings. The molecule has 4 heteroatoms. The van der Waals surface area contributed by atoms with Crippen LogP contribution in [0.5, 0.6) is 0 Å². The minimum absolute atomic E-state index is 0.0248. The summed E-state index contributed by atoms with van der Waals surface area (Å²) >= 11 is 0.